The first-order valence-electron chi connectivity index (χ1n) is 27.9. The molecule has 13 aromatic carbocycles. The van der Waals surface area contributed by atoms with Crippen LogP contribution in [-0.4, -0.2) is 4.57 Å². The summed E-state index contributed by atoms with van der Waals surface area (Å²) in [7, 11) is 0. The molecule has 0 saturated heterocycles. The van der Waals surface area contributed by atoms with Crippen molar-refractivity contribution in [1.82, 2.24) is 4.57 Å². The van der Waals surface area contributed by atoms with Gasteiger partial charge in [0.05, 0.1) is 27.6 Å². The molecule has 2 heteroatoms. The first-order valence-corrected chi connectivity index (χ1v) is 27.9. The fraction of sp³-hybridized carbons (Fsp3) is 0.0256. The Balaban J connectivity index is 0.944. The SMILES string of the molecule is c1ccc(-c2ccc(N(c3ccc4c(c3)C3(c5ccccc5-c5ccccc53)c3ccccc3-4)c3ccc4c(c3)c3cc(C5(c6ccccc6)c6ccccc6-c6ccccc65)ccc3n4-c3cccc4ccccc34)cc2)cc1. The van der Waals surface area contributed by atoms with Crippen LogP contribution in [0.1, 0.15) is 44.5 Å². The molecule has 0 fully saturated rings. The molecule has 372 valence electrons. The van der Waals surface area contributed by atoms with Gasteiger partial charge in [-0.2, -0.15) is 0 Å². The number of rotatable bonds is 7. The first-order chi connectivity index (χ1) is 39.7. The van der Waals surface area contributed by atoms with E-state index in [0.29, 0.717) is 0 Å². The van der Waals surface area contributed by atoms with Crippen molar-refractivity contribution in [3.63, 3.8) is 0 Å². The molecular weight excluding hydrogens is 965 g/mol. The summed E-state index contributed by atoms with van der Waals surface area (Å²) < 4.78 is 2.51. The maximum atomic E-state index is 2.53. The highest BCUT2D eigenvalue weighted by atomic mass is 15.1. The standard InChI is InChI=1S/C78H50N2/c1-3-20-51(21-4-1)52-38-41-56(42-39-52)79(58-43-45-65-64-31-13-18-36-72(64)78(73(65)50-58)70-34-16-11-29-62(70)63-30-12-17-35-71(63)78)57-44-47-76-67(49-57)66-48-55(40-46-75(66)80(76)74-37-19-23-53-22-7-8-26-59(53)74)77(54-24-5-2-6-25-54)68-32-14-9-27-60(68)61-28-10-15-33-69(61)77/h1-50H. The Kier molecular flexibility index (Phi) is 9.58. The Hall–Kier alpha value is -10.3. The highest BCUT2D eigenvalue weighted by Gasteiger charge is 2.52. The van der Waals surface area contributed by atoms with E-state index in [2.05, 4.69) is 313 Å². The average Bonchev–Trinajstić information content (AvgIpc) is 4.41. The normalized spacial score (nSPS) is 13.7. The summed E-state index contributed by atoms with van der Waals surface area (Å²) in [4.78, 5) is 2.50. The van der Waals surface area contributed by atoms with Crippen molar-refractivity contribution in [2.45, 2.75) is 10.8 Å². The molecule has 17 rings (SSSR count). The van der Waals surface area contributed by atoms with Crippen LogP contribution in [-0.2, 0) is 10.8 Å². The number of benzene rings is 13. The third kappa shape index (κ3) is 6.08. The van der Waals surface area contributed by atoms with E-state index < -0.39 is 10.8 Å². The van der Waals surface area contributed by atoms with Crippen LogP contribution in [0, 0.1) is 0 Å². The van der Waals surface area contributed by atoms with Gasteiger partial charge in [-0.05, 0) is 155 Å². The molecular formula is C78H50N2. The van der Waals surface area contributed by atoms with Gasteiger partial charge in [0.25, 0.3) is 0 Å². The number of aromatic nitrogens is 1. The van der Waals surface area contributed by atoms with Gasteiger partial charge in [0, 0.05) is 33.2 Å². The molecule has 3 aliphatic rings. The maximum Gasteiger partial charge on any atom is 0.0726 e. The fourth-order valence-electron chi connectivity index (χ4n) is 14.9. The van der Waals surface area contributed by atoms with Crippen LogP contribution in [0.5, 0.6) is 0 Å². The zero-order valence-corrected chi connectivity index (χ0v) is 43.8. The fourth-order valence-corrected chi connectivity index (χ4v) is 14.9. The lowest BCUT2D eigenvalue weighted by molar-refractivity contribution is 0.770. The third-order valence-corrected chi connectivity index (χ3v) is 18.1. The van der Waals surface area contributed by atoms with Crippen molar-refractivity contribution in [1.29, 1.82) is 0 Å². The second-order valence-electron chi connectivity index (χ2n) is 21.8. The summed E-state index contributed by atoms with van der Waals surface area (Å²) in [6.07, 6.45) is 0. The van der Waals surface area contributed by atoms with Crippen LogP contribution in [0.25, 0.3) is 82.8 Å². The van der Waals surface area contributed by atoms with E-state index in [1.165, 1.54) is 111 Å². The number of nitrogens with zero attached hydrogens (tertiary/aromatic N) is 2. The lowest BCUT2D eigenvalue weighted by atomic mass is 9.67. The van der Waals surface area contributed by atoms with Crippen LogP contribution in [0.2, 0.25) is 0 Å². The molecule has 80 heavy (non-hydrogen) atoms. The summed E-state index contributed by atoms with van der Waals surface area (Å²) in [5.74, 6) is 0. The maximum absolute atomic E-state index is 2.53. The van der Waals surface area contributed by atoms with E-state index in [4.69, 9.17) is 0 Å². The highest BCUT2D eigenvalue weighted by Crippen LogP contribution is 2.64. The van der Waals surface area contributed by atoms with Gasteiger partial charge in [0.2, 0.25) is 0 Å². The first kappa shape index (κ1) is 44.8. The van der Waals surface area contributed by atoms with Crippen LogP contribution in [0.4, 0.5) is 17.1 Å². The van der Waals surface area contributed by atoms with Crippen LogP contribution in [0.3, 0.4) is 0 Å². The molecule has 2 nitrogen and oxygen atoms in total. The lowest BCUT2D eigenvalue weighted by Gasteiger charge is -2.34. The number of hydrogen-bond donors (Lipinski definition) is 0. The van der Waals surface area contributed by atoms with E-state index in [1.807, 2.05) is 0 Å². The number of anilines is 3. The Bertz CT molecular complexity index is 4720. The quantitative estimate of drug-likeness (QED) is 0.154. The van der Waals surface area contributed by atoms with Gasteiger partial charge in [0.15, 0.2) is 0 Å². The smallest absolute Gasteiger partial charge is 0.0726 e. The molecule has 1 spiro atoms. The Morgan fingerprint density at radius 2 is 0.688 bits per heavy atom. The van der Waals surface area contributed by atoms with Gasteiger partial charge in [-0.25, -0.2) is 0 Å². The van der Waals surface area contributed by atoms with Crippen molar-refractivity contribution in [3.8, 4) is 50.2 Å². The monoisotopic (exact) mass is 1010 g/mol. The third-order valence-electron chi connectivity index (χ3n) is 18.1. The highest BCUT2D eigenvalue weighted by molar-refractivity contribution is 6.13. The van der Waals surface area contributed by atoms with E-state index in [-0.39, 0.29) is 0 Å². The minimum absolute atomic E-state index is 0.490. The van der Waals surface area contributed by atoms with E-state index >= 15 is 0 Å². The summed E-state index contributed by atoms with van der Waals surface area (Å²) >= 11 is 0. The topological polar surface area (TPSA) is 8.17 Å². The summed E-state index contributed by atoms with van der Waals surface area (Å²) in [6.45, 7) is 0. The predicted octanol–water partition coefficient (Wildman–Crippen LogP) is 19.8. The molecule has 1 aromatic heterocycles. The molecule has 0 aliphatic heterocycles. The second-order valence-corrected chi connectivity index (χ2v) is 21.8. The molecule has 1 heterocycles. The second kappa shape index (κ2) is 17.1. The van der Waals surface area contributed by atoms with Crippen LogP contribution < -0.4 is 4.90 Å². The summed E-state index contributed by atoms with van der Waals surface area (Å²) in [6, 6.07) is 114. The van der Waals surface area contributed by atoms with Gasteiger partial charge < -0.3 is 9.47 Å². The molecule has 14 aromatic rings. The van der Waals surface area contributed by atoms with Crippen molar-refractivity contribution >= 4 is 49.6 Å². The Morgan fingerprint density at radius 1 is 0.250 bits per heavy atom. The minimum atomic E-state index is -0.559. The summed E-state index contributed by atoms with van der Waals surface area (Å²) in [5, 5.41) is 4.81. The molecule has 3 aliphatic carbocycles. The van der Waals surface area contributed by atoms with Crippen LogP contribution in [0.15, 0.2) is 303 Å². The number of fused-ring (bicyclic) bond motifs is 17. The predicted molar refractivity (Wildman–Crippen MR) is 332 cm³/mol. The van der Waals surface area contributed by atoms with Crippen molar-refractivity contribution in [3.05, 3.63) is 348 Å². The largest absolute Gasteiger partial charge is 0.310 e. The molecule has 0 unspecified atom stereocenters. The van der Waals surface area contributed by atoms with Crippen LogP contribution >= 0.6 is 0 Å². The lowest BCUT2D eigenvalue weighted by Crippen LogP contribution is -2.28. The molecule has 0 N–H and O–H groups in total. The van der Waals surface area contributed by atoms with Gasteiger partial charge in [-0.3, -0.25) is 0 Å². The van der Waals surface area contributed by atoms with Gasteiger partial charge >= 0.3 is 0 Å². The molecule has 0 radical (unpaired) electrons. The van der Waals surface area contributed by atoms with Gasteiger partial charge in [-0.1, -0.05) is 243 Å². The molecule has 0 saturated carbocycles. The summed E-state index contributed by atoms with van der Waals surface area (Å²) in [5.41, 5.74) is 26.2. The zero-order chi connectivity index (χ0) is 52.5. The Morgan fingerprint density at radius 3 is 1.30 bits per heavy atom. The molecule has 0 atom stereocenters. The zero-order valence-electron chi connectivity index (χ0n) is 43.8. The van der Waals surface area contributed by atoms with E-state index in [9.17, 15) is 0 Å². The van der Waals surface area contributed by atoms with Gasteiger partial charge in [0.1, 0.15) is 0 Å². The molecule has 0 bridgehead atoms. The van der Waals surface area contributed by atoms with Crippen molar-refractivity contribution in [2.75, 3.05) is 4.90 Å². The van der Waals surface area contributed by atoms with Crippen molar-refractivity contribution < 1.29 is 0 Å². The molecule has 0 amide bonds. The minimum Gasteiger partial charge on any atom is -0.310 e. The average molecular weight is 1020 g/mol. The number of hydrogen-bond acceptors (Lipinski definition) is 1. The Labute approximate surface area is 465 Å². The van der Waals surface area contributed by atoms with Crippen molar-refractivity contribution in [2.24, 2.45) is 0 Å². The van der Waals surface area contributed by atoms with Gasteiger partial charge in [-0.15, -0.1) is 0 Å². The van der Waals surface area contributed by atoms with E-state index in [0.717, 1.165) is 33.8 Å². The van der Waals surface area contributed by atoms with E-state index in [1.54, 1.807) is 0 Å².